The van der Waals surface area contributed by atoms with E-state index in [1.807, 2.05) is 11.8 Å². The van der Waals surface area contributed by atoms with Gasteiger partial charge in [-0.25, -0.2) is 0 Å². The fourth-order valence-corrected chi connectivity index (χ4v) is 2.54. The molecule has 0 aliphatic carbocycles. The van der Waals surface area contributed by atoms with Crippen molar-refractivity contribution in [3.63, 3.8) is 0 Å². The molecule has 2 heteroatoms. The Bertz CT molecular complexity index is 316. The minimum atomic E-state index is 0.314. The lowest BCUT2D eigenvalue weighted by atomic mass is 9.88. The van der Waals surface area contributed by atoms with Gasteiger partial charge in [0.25, 0.3) is 0 Å². The molecule has 0 saturated carbocycles. The SMILES string of the molecule is Cc1ccc(SCCCCC(C)(C)CN)cc1. The zero-order valence-electron chi connectivity index (χ0n) is 11.3. The fraction of sp³-hybridized carbons (Fsp3) is 0.600. The van der Waals surface area contributed by atoms with Crippen molar-refractivity contribution in [1.29, 1.82) is 0 Å². The lowest BCUT2D eigenvalue weighted by molar-refractivity contribution is 0.336. The normalized spacial score (nSPS) is 11.8. The van der Waals surface area contributed by atoms with Crippen molar-refractivity contribution in [2.24, 2.45) is 11.1 Å². The highest BCUT2D eigenvalue weighted by Crippen LogP contribution is 2.24. The van der Waals surface area contributed by atoms with Gasteiger partial charge < -0.3 is 5.73 Å². The zero-order chi connectivity index (χ0) is 12.7. The van der Waals surface area contributed by atoms with E-state index in [0.29, 0.717) is 5.41 Å². The predicted molar refractivity (Wildman–Crippen MR) is 78.6 cm³/mol. The summed E-state index contributed by atoms with van der Waals surface area (Å²) < 4.78 is 0. The molecule has 0 spiro atoms. The Morgan fingerprint density at radius 2 is 1.76 bits per heavy atom. The van der Waals surface area contributed by atoms with Crippen molar-refractivity contribution in [3.8, 4) is 0 Å². The summed E-state index contributed by atoms with van der Waals surface area (Å²) in [5, 5.41) is 0. The number of thioether (sulfide) groups is 1. The summed E-state index contributed by atoms with van der Waals surface area (Å²) in [5.41, 5.74) is 7.37. The second-order valence-corrected chi connectivity index (χ2v) is 6.66. The van der Waals surface area contributed by atoms with Gasteiger partial charge in [0.15, 0.2) is 0 Å². The number of hydrogen-bond donors (Lipinski definition) is 1. The Morgan fingerprint density at radius 1 is 1.12 bits per heavy atom. The molecule has 0 fully saturated rings. The van der Waals surface area contributed by atoms with Crippen LogP contribution in [0.1, 0.15) is 38.7 Å². The Kier molecular flexibility index (Phi) is 6.07. The molecule has 0 aromatic heterocycles. The molecule has 17 heavy (non-hydrogen) atoms. The molecule has 0 radical (unpaired) electrons. The molecular formula is C15H25NS. The second-order valence-electron chi connectivity index (χ2n) is 5.49. The number of unbranched alkanes of at least 4 members (excludes halogenated alkanes) is 1. The fourth-order valence-electron chi connectivity index (χ4n) is 1.63. The van der Waals surface area contributed by atoms with Crippen molar-refractivity contribution in [3.05, 3.63) is 29.8 Å². The summed E-state index contributed by atoms with van der Waals surface area (Å²) in [6, 6.07) is 8.79. The van der Waals surface area contributed by atoms with Crippen LogP contribution < -0.4 is 5.73 Å². The van der Waals surface area contributed by atoms with Crippen LogP contribution in [0.5, 0.6) is 0 Å². The Labute approximate surface area is 110 Å². The largest absolute Gasteiger partial charge is 0.330 e. The summed E-state index contributed by atoms with van der Waals surface area (Å²) in [7, 11) is 0. The van der Waals surface area contributed by atoms with E-state index < -0.39 is 0 Å². The summed E-state index contributed by atoms with van der Waals surface area (Å²) in [4.78, 5) is 1.38. The van der Waals surface area contributed by atoms with E-state index in [1.165, 1.54) is 35.5 Å². The first-order valence-corrected chi connectivity index (χ1v) is 7.42. The molecule has 1 nitrogen and oxygen atoms in total. The third-order valence-electron chi connectivity index (χ3n) is 3.09. The van der Waals surface area contributed by atoms with Gasteiger partial charge in [-0.2, -0.15) is 0 Å². The first-order chi connectivity index (χ1) is 8.03. The average Bonchev–Trinajstić information content (AvgIpc) is 2.31. The van der Waals surface area contributed by atoms with Crippen LogP contribution >= 0.6 is 11.8 Å². The highest BCUT2D eigenvalue weighted by atomic mass is 32.2. The first-order valence-electron chi connectivity index (χ1n) is 6.43. The summed E-state index contributed by atoms with van der Waals surface area (Å²) in [6.45, 7) is 7.42. The third-order valence-corrected chi connectivity index (χ3v) is 4.19. The van der Waals surface area contributed by atoms with Crippen molar-refractivity contribution in [1.82, 2.24) is 0 Å². The lowest BCUT2D eigenvalue weighted by Crippen LogP contribution is -2.23. The van der Waals surface area contributed by atoms with Crippen molar-refractivity contribution in [2.75, 3.05) is 12.3 Å². The summed E-state index contributed by atoms with van der Waals surface area (Å²) in [5.74, 6) is 1.21. The third kappa shape index (κ3) is 6.13. The van der Waals surface area contributed by atoms with Crippen LogP contribution in [0.25, 0.3) is 0 Å². The number of nitrogens with two attached hydrogens (primary N) is 1. The van der Waals surface area contributed by atoms with Gasteiger partial charge in [0, 0.05) is 4.90 Å². The van der Waals surface area contributed by atoms with Crippen LogP contribution in [-0.2, 0) is 0 Å². The number of benzene rings is 1. The van der Waals surface area contributed by atoms with Gasteiger partial charge >= 0.3 is 0 Å². The van der Waals surface area contributed by atoms with Crippen LogP contribution in [0.15, 0.2) is 29.2 Å². The van der Waals surface area contributed by atoms with Gasteiger partial charge in [-0.05, 0) is 49.6 Å². The maximum atomic E-state index is 5.72. The highest BCUT2D eigenvalue weighted by Gasteiger charge is 2.14. The van der Waals surface area contributed by atoms with Crippen LogP contribution in [0.4, 0.5) is 0 Å². The standard InChI is InChI=1S/C15H25NS/c1-13-6-8-14(9-7-13)17-11-5-4-10-15(2,3)12-16/h6-9H,4-5,10-12,16H2,1-3H3. The van der Waals surface area contributed by atoms with Crippen molar-refractivity contribution >= 4 is 11.8 Å². The van der Waals surface area contributed by atoms with Crippen LogP contribution in [0.3, 0.4) is 0 Å². The van der Waals surface area contributed by atoms with Gasteiger partial charge in [0.05, 0.1) is 0 Å². The van der Waals surface area contributed by atoms with E-state index in [2.05, 4.69) is 45.0 Å². The molecule has 1 aromatic carbocycles. The first kappa shape index (κ1) is 14.6. The maximum Gasteiger partial charge on any atom is 0.00721 e. The molecule has 0 amide bonds. The van der Waals surface area contributed by atoms with E-state index >= 15 is 0 Å². The molecular weight excluding hydrogens is 226 g/mol. The molecule has 2 N–H and O–H groups in total. The molecule has 0 aliphatic rings. The summed E-state index contributed by atoms with van der Waals surface area (Å²) >= 11 is 1.96. The molecule has 0 unspecified atom stereocenters. The highest BCUT2D eigenvalue weighted by molar-refractivity contribution is 7.99. The molecule has 0 aliphatic heterocycles. The molecule has 0 heterocycles. The number of aryl methyl sites for hydroxylation is 1. The monoisotopic (exact) mass is 251 g/mol. The van der Waals surface area contributed by atoms with Gasteiger partial charge in [-0.3, -0.25) is 0 Å². The maximum absolute atomic E-state index is 5.72. The topological polar surface area (TPSA) is 26.0 Å². The Hall–Kier alpha value is -0.470. The smallest absolute Gasteiger partial charge is 0.00721 e. The van der Waals surface area contributed by atoms with Gasteiger partial charge in [-0.15, -0.1) is 11.8 Å². The van der Waals surface area contributed by atoms with E-state index in [-0.39, 0.29) is 0 Å². The van der Waals surface area contributed by atoms with Crippen LogP contribution in [0.2, 0.25) is 0 Å². The quantitative estimate of drug-likeness (QED) is 0.579. The van der Waals surface area contributed by atoms with E-state index in [1.54, 1.807) is 0 Å². The van der Waals surface area contributed by atoms with Gasteiger partial charge in [0.1, 0.15) is 0 Å². The second kappa shape index (κ2) is 7.07. The van der Waals surface area contributed by atoms with E-state index in [9.17, 15) is 0 Å². The van der Waals surface area contributed by atoms with Gasteiger partial charge in [0.2, 0.25) is 0 Å². The molecule has 0 saturated heterocycles. The van der Waals surface area contributed by atoms with Gasteiger partial charge in [-0.1, -0.05) is 38.0 Å². The van der Waals surface area contributed by atoms with Crippen LogP contribution in [-0.4, -0.2) is 12.3 Å². The van der Waals surface area contributed by atoms with Crippen molar-refractivity contribution < 1.29 is 0 Å². The molecule has 0 bridgehead atoms. The average molecular weight is 251 g/mol. The number of rotatable bonds is 7. The Morgan fingerprint density at radius 3 is 2.35 bits per heavy atom. The molecule has 96 valence electrons. The lowest BCUT2D eigenvalue weighted by Gasteiger charge is -2.21. The zero-order valence-corrected chi connectivity index (χ0v) is 12.1. The molecule has 1 rings (SSSR count). The summed E-state index contributed by atoms with van der Waals surface area (Å²) in [6.07, 6.45) is 3.79. The Balaban J connectivity index is 2.14. The molecule has 0 atom stereocenters. The van der Waals surface area contributed by atoms with E-state index in [4.69, 9.17) is 5.73 Å². The van der Waals surface area contributed by atoms with Crippen LogP contribution in [0, 0.1) is 12.3 Å². The minimum Gasteiger partial charge on any atom is -0.330 e. The number of hydrogen-bond acceptors (Lipinski definition) is 2. The minimum absolute atomic E-state index is 0.314. The predicted octanol–water partition coefficient (Wildman–Crippen LogP) is 4.24. The van der Waals surface area contributed by atoms with Crippen molar-refractivity contribution in [2.45, 2.75) is 44.9 Å². The van der Waals surface area contributed by atoms with E-state index in [0.717, 1.165) is 6.54 Å². The molecule has 1 aromatic rings.